The molecule has 0 amide bonds. The molecule has 2 rings (SSSR count). The highest BCUT2D eigenvalue weighted by Crippen LogP contribution is 2.25. The Morgan fingerprint density at radius 2 is 2.24 bits per heavy atom. The van der Waals surface area contributed by atoms with Crippen LogP contribution < -0.4 is 0 Å². The molecule has 2 aromatic heterocycles. The number of carbonyl (C=O) groups is 1. The van der Waals surface area contributed by atoms with Crippen molar-refractivity contribution in [3.8, 4) is 0 Å². The summed E-state index contributed by atoms with van der Waals surface area (Å²) in [6, 6.07) is 1.82. The number of aldehydes is 1. The van der Waals surface area contributed by atoms with E-state index in [2.05, 4.69) is 31.1 Å². The molecule has 0 aliphatic carbocycles. The highest BCUT2D eigenvalue weighted by molar-refractivity contribution is 7.09. The van der Waals surface area contributed by atoms with Crippen LogP contribution in [0.4, 0.5) is 0 Å². The van der Waals surface area contributed by atoms with E-state index in [0.717, 1.165) is 22.6 Å². The molecule has 90 valence electrons. The van der Waals surface area contributed by atoms with Crippen LogP contribution >= 0.6 is 11.3 Å². The van der Waals surface area contributed by atoms with Crippen LogP contribution in [0.5, 0.6) is 0 Å². The zero-order chi connectivity index (χ0) is 12.5. The maximum atomic E-state index is 10.7. The number of hydrogen-bond donors (Lipinski definition) is 0. The fourth-order valence-electron chi connectivity index (χ4n) is 1.50. The smallest absolute Gasteiger partial charge is 0.185 e. The lowest BCUT2D eigenvalue weighted by Crippen LogP contribution is -2.11. The maximum absolute atomic E-state index is 10.7. The van der Waals surface area contributed by atoms with E-state index >= 15 is 0 Å². The molecule has 4 heteroatoms. The molecule has 0 bridgehead atoms. The minimum atomic E-state index is 0.0681. The van der Waals surface area contributed by atoms with E-state index in [0.29, 0.717) is 12.2 Å². The molecule has 0 aliphatic heterocycles. The third kappa shape index (κ3) is 2.64. The van der Waals surface area contributed by atoms with Crippen LogP contribution in [0.1, 0.15) is 47.6 Å². The van der Waals surface area contributed by atoms with Gasteiger partial charge in [0, 0.05) is 22.8 Å². The summed E-state index contributed by atoms with van der Waals surface area (Å²) >= 11 is 1.63. The molecule has 17 heavy (non-hydrogen) atoms. The molecule has 2 heterocycles. The fraction of sp³-hybridized carbons (Fsp3) is 0.385. The first kappa shape index (κ1) is 12.0. The molecular formula is C13H15NO2S. The molecule has 0 atom stereocenters. The van der Waals surface area contributed by atoms with E-state index < -0.39 is 0 Å². The summed E-state index contributed by atoms with van der Waals surface area (Å²) in [5, 5.41) is 3.09. The number of carbonyl (C=O) groups excluding carboxylic acids is 1. The van der Waals surface area contributed by atoms with Crippen molar-refractivity contribution >= 4 is 17.6 Å². The molecule has 0 unspecified atom stereocenters. The van der Waals surface area contributed by atoms with E-state index in [1.165, 1.54) is 6.26 Å². The third-order valence-electron chi connectivity index (χ3n) is 2.55. The lowest BCUT2D eigenvalue weighted by Gasteiger charge is -2.14. The Morgan fingerprint density at radius 3 is 2.82 bits per heavy atom. The molecule has 0 saturated carbocycles. The second-order valence-electron chi connectivity index (χ2n) is 4.98. The van der Waals surface area contributed by atoms with Gasteiger partial charge in [-0.2, -0.15) is 0 Å². The molecule has 0 aromatic carbocycles. The van der Waals surface area contributed by atoms with Crippen LogP contribution in [0.3, 0.4) is 0 Å². The van der Waals surface area contributed by atoms with E-state index in [1.807, 2.05) is 6.07 Å². The standard InChI is InChI=1S/C13H15NO2S/c1-13(2,3)11-8-17-12(14-11)6-9-4-5-16-10(9)7-15/h4-5,7-8H,6H2,1-3H3. The van der Waals surface area contributed by atoms with Crippen molar-refractivity contribution in [3.63, 3.8) is 0 Å². The summed E-state index contributed by atoms with van der Waals surface area (Å²) in [4.78, 5) is 15.3. The predicted molar refractivity (Wildman–Crippen MR) is 67.7 cm³/mol. The summed E-state index contributed by atoms with van der Waals surface area (Å²) in [5.74, 6) is 0.400. The van der Waals surface area contributed by atoms with E-state index in [4.69, 9.17) is 4.42 Å². The molecule has 0 saturated heterocycles. The van der Waals surface area contributed by atoms with Crippen LogP contribution in [-0.4, -0.2) is 11.3 Å². The number of aromatic nitrogens is 1. The topological polar surface area (TPSA) is 43.1 Å². The number of hydrogen-bond acceptors (Lipinski definition) is 4. The molecule has 0 spiro atoms. The van der Waals surface area contributed by atoms with E-state index in [9.17, 15) is 4.79 Å². The summed E-state index contributed by atoms with van der Waals surface area (Å²) < 4.78 is 5.07. The zero-order valence-electron chi connectivity index (χ0n) is 10.2. The van der Waals surface area contributed by atoms with Crippen molar-refractivity contribution < 1.29 is 9.21 Å². The lowest BCUT2D eigenvalue weighted by molar-refractivity contribution is 0.109. The van der Waals surface area contributed by atoms with E-state index in [1.54, 1.807) is 11.3 Å². The molecule has 0 fully saturated rings. The molecule has 2 aromatic rings. The average Bonchev–Trinajstić information content (AvgIpc) is 2.86. The van der Waals surface area contributed by atoms with Crippen LogP contribution in [0.15, 0.2) is 22.1 Å². The van der Waals surface area contributed by atoms with Crippen LogP contribution in [-0.2, 0) is 11.8 Å². The van der Waals surface area contributed by atoms with Gasteiger partial charge < -0.3 is 4.42 Å². The Balaban J connectivity index is 2.20. The summed E-state index contributed by atoms with van der Waals surface area (Å²) in [6.45, 7) is 6.42. The highest BCUT2D eigenvalue weighted by atomic mass is 32.1. The normalized spacial score (nSPS) is 11.7. The van der Waals surface area contributed by atoms with Gasteiger partial charge in [-0.25, -0.2) is 4.98 Å². The second-order valence-corrected chi connectivity index (χ2v) is 5.92. The first-order valence-electron chi connectivity index (χ1n) is 5.47. The van der Waals surface area contributed by atoms with Crippen LogP contribution in [0.2, 0.25) is 0 Å². The van der Waals surface area contributed by atoms with Gasteiger partial charge in [0.25, 0.3) is 0 Å². The van der Waals surface area contributed by atoms with Gasteiger partial charge in [-0.1, -0.05) is 20.8 Å². The first-order chi connectivity index (χ1) is 8.00. The molecular weight excluding hydrogens is 234 g/mol. The van der Waals surface area contributed by atoms with Gasteiger partial charge in [0.1, 0.15) is 0 Å². The minimum absolute atomic E-state index is 0.0681. The quantitative estimate of drug-likeness (QED) is 0.783. The van der Waals surface area contributed by atoms with E-state index in [-0.39, 0.29) is 5.41 Å². The van der Waals surface area contributed by atoms with Gasteiger partial charge in [-0.3, -0.25) is 4.79 Å². The van der Waals surface area contributed by atoms with Crippen molar-refractivity contribution in [1.82, 2.24) is 4.98 Å². The summed E-state index contributed by atoms with van der Waals surface area (Å²) in [7, 11) is 0. The van der Waals surface area contributed by atoms with Crippen molar-refractivity contribution in [2.75, 3.05) is 0 Å². The van der Waals surface area contributed by atoms with Crippen molar-refractivity contribution in [3.05, 3.63) is 39.7 Å². The largest absolute Gasteiger partial charge is 0.461 e. The second kappa shape index (κ2) is 4.45. The minimum Gasteiger partial charge on any atom is -0.461 e. The highest BCUT2D eigenvalue weighted by Gasteiger charge is 2.18. The molecule has 0 aliphatic rings. The SMILES string of the molecule is CC(C)(C)c1csc(Cc2ccoc2C=O)n1. The number of furan rings is 1. The third-order valence-corrected chi connectivity index (χ3v) is 3.40. The van der Waals surface area contributed by atoms with Gasteiger partial charge in [0.05, 0.1) is 17.0 Å². The average molecular weight is 249 g/mol. The van der Waals surface area contributed by atoms with Gasteiger partial charge in [0.2, 0.25) is 0 Å². The Morgan fingerprint density at radius 1 is 1.47 bits per heavy atom. The van der Waals surface area contributed by atoms with Gasteiger partial charge in [-0.15, -0.1) is 11.3 Å². The first-order valence-corrected chi connectivity index (χ1v) is 6.35. The molecule has 0 N–H and O–H groups in total. The Labute approximate surface area is 104 Å². The van der Waals surface area contributed by atoms with Crippen molar-refractivity contribution in [1.29, 1.82) is 0 Å². The number of thiazole rings is 1. The van der Waals surface area contributed by atoms with Gasteiger partial charge in [-0.05, 0) is 6.07 Å². The number of rotatable bonds is 3. The fourth-order valence-corrected chi connectivity index (χ4v) is 2.54. The number of nitrogens with zero attached hydrogens (tertiary/aromatic N) is 1. The predicted octanol–water partition coefficient (Wildman–Crippen LogP) is 3.44. The molecule has 3 nitrogen and oxygen atoms in total. The van der Waals surface area contributed by atoms with Crippen molar-refractivity contribution in [2.24, 2.45) is 0 Å². The molecule has 0 radical (unpaired) electrons. The zero-order valence-corrected chi connectivity index (χ0v) is 11.0. The monoisotopic (exact) mass is 249 g/mol. The van der Waals surface area contributed by atoms with Crippen molar-refractivity contribution in [2.45, 2.75) is 32.6 Å². The van der Waals surface area contributed by atoms with Crippen LogP contribution in [0, 0.1) is 0 Å². The Hall–Kier alpha value is -1.42. The maximum Gasteiger partial charge on any atom is 0.185 e. The Bertz CT molecular complexity index is 520. The Kier molecular flexibility index (Phi) is 3.15. The summed E-state index contributed by atoms with van der Waals surface area (Å²) in [6.07, 6.45) is 2.94. The lowest BCUT2D eigenvalue weighted by atomic mass is 9.93. The summed E-state index contributed by atoms with van der Waals surface area (Å²) in [5.41, 5.74) is 2.06. The van der Waals surface area contributed by atoms with Gasteiger partial charge in [0.15, 0.2) is 12.0 Å². The van der Waals surface area contributed by atoms with Crippen LogP contribution in [0.25, 0.3) is 0 Å². The van der Waals surface area contributed by atoms with Gasteiger partial charge >= 0.3 is 0 Å².